The molecule has 28 heavy (non-hydrogen) atoms. The molecule has 1 amide bonds. The van der Waals surface area contributed by atoms with Gasteiger partial charge in [0, 0.05) is 30.4 Å². The van der Waals surface area contributed by atoms with E-state index in [4.69, 9.17) is 0 Å². The Bertz CT molecular complexity index is 807. The Morgan fingerprint density at radius 2 is 1.89 bits per heavy atom. The van der Waals surface area contributed by atoms with Crippen LogP contribution in [0.25, 0.3) is 0 Å². The number of aromatic nitrogens is 2. The minimum atomic E-state index is 0. The summed E-state index contributed by atoms with van der Waals surface area (Å²) in [6.07, 6.45) is 4.89. The first-order valence-electron chi connectivity index (χ1n) is 10.2. The summed E-state index contributed by atoms with van der Waals surface area (Å²) in [6.45, 7) is 7.63. The van der Waals surface area contributed by atoms with E-state index in [1.807, 2.05) is 34.7 Å². The van der Waals surface area contributed by atoms with Gasteiger partial charge in [0.05, 0.1) is 12.2 Å². The van der Waals surface area contributed by atoms with Crippen molar-refractivity contribution in [2.24, 2.45) is 5.92 Å². The molecule has 1 saturated heterocycles. The van der Waals surface area contributed by atoms with Gasteiger partial charge >= 0.3 is 0 Å². The lowest BCUT2D eigenvalue weighted by molar-refractivity contribution is 0.0705. The van der Waals surface area contributed by atoms with Crippen LogP contribution < -0.4 is 5.32 Å². The van der Waals surface area contributed by atoms with Gasteiger partial charge in [-0.3, -0.25) is 9.48 Å². The molecule has 2 heterocycles. The van der Waals surface area contributed by atoms with E-state index in [0.29, 0.717) is 12.6 Å². The Balaban J connectivity index is 0.00000225. The second-order valence-corrected chi connectivity index (χ2v) is 8.20. The zero-order valence-electron chi connectivity index (χ0n) is 16.9. The van der Waals surface area contributed by atoms with Crippen molar-refractivity contribution in [3.8, 4) is 0 Å². The van der Waals surface area contributed by atoms with Gasteiger partial charge in [-0.05, 0) is 75.8 Å². The molecule has 152 valence electrons. The predicted molar refractivity (Wildman–Crippen MR) is 114 cm³/mol. The molecule has 0 spiro atoms. The maximum absolute atomic E-state index is 12.9. The lowest BCUT2D eigenvalue weighted by Crippen LogP contribution is -2.45. The first-order chi connectivity index (χ1) is 13.1. The number of aryl methyl sites for hydroxylation is 2. The highest BCUT2D eigenvalue weighted by molar-refractivity contribution is 5.94. The van der Waals surface area contributed by atoms with E-state index in [9.17, 15) is 4.79 Å². The summed E-state index contributed by atoms with van der Waals surface area (Å²) in [5, 5.41) is 8.21. The molecule has 1 saturated carbocycles. The number of piperidine rings is 1. The van der Waals surface area contributed by atoms with Gasteiger partial charge in [-0.1, -0.05) is 12.1 Å². The van der Waals surface area contributed by atoms with Crippen molar-refractivity contribution in [2.75, 3.05) is 19.6 Å². The molecule has 2 fully saturated rings. The van der Waals surface area contributed by atoms with Crippen LogP contribution in [0, 0.1) is 19.8 Å². The van der Waals surface area contributed by atoms with Crippen molar-refractivity contribution in [3.05, 3.63) is 52.8 Å². The van der Waals surface area contributed by atoms with Crippen LogP contribution in [0.1, 0.15) is 53.0 Å². The molecule has 1 N–H and O–H groups in total. The van der Waals surface area contributed by atoms with Crippen molar-refractivity contribution in [3.63, 3.8) is 0 Å². The van der Waals surface area contributed by atoms with Gasteiger partial charge in [0.25, 0.3) is 5.91 Å². The van der Waals surface area contributed by atoms with E-state index in [0.717, 1.165) is 60.9 Å². The molecular weight excluding hydrogens is 372 g/mol. The highest BCUT2D eigenvalue weighted by Gasteiger charge is 2.26. The number of benzene rings is 1. The lowest BCUT2D eigenvalue weighted by atomic mass is 10.0. The van der Waals surface area contributed by atoms with Gasteiger partial charge in [-0.2, -0.15) is 5.10 Å². The zero-order chi connectivity index (χ0) is 18.8. The number of halogens is 1. The molecular formula is C22H31ClN4O. The Morgan fingerprint density at radius 1 is 1.14 bits per heavy atom. The van der Waals surface area contributed by atoms with Gasteiger partial charge in [-0.25, -0.2) is 0 Å². The van der Waals surface area contributed by atoms with Crippen molar-refractivity contribution in [2.45, 2.75) is 52.1 Å². The lowest BCUT2D eigenvalue weighted by Gasteiger charge is -2.32. The van der Waals surface area contributed by atoms with Crippen molar-refractivity contribution >= 4 is 18.3 Å². The van der Waals surface area contributed by atoms with E-state index >= 15 is 0 Å². The fourth-order valence-electron chi connectivity index (χ4n) is 3.94. The standard InChI is InChI=1S/C22H30N4O.ClH/c1-16-12-17(2)26(24-16)15-19-4-3-5-20(13-19)22(27)25-10-8-21(9-11-25)23-14-18-6-7-18;/h3-5,12-13,18,21,23H,6-11,14-15H2,1-2H3;1H. The summed E-state index contributed by atoms with van der Waals surface area (Å²) >= 11 is 0. The summed E-state index contributed by atoms with van der Waals surface area (Å²) in [4.78, 5) is 15.0. The summed E-state index contributed by atoms with van der Waals surface area (Å²) in [6, 6.07) is 10.7. The van der Waals surface area contributed by atoms with Crippen LogP contribution in [0.15, 0.2) is 30.3 Å². The molecule has 1 aromatic carbocycles. The van der Waals surface area contributed by atoms with Gasteiger partial charge in [-0.15, -0.1) is 12.4 Å². The highest BCUT2D eigenvalue weighted by atomic mass is 35.5. The van der Waals surface area contributed by atoms with E-state index in [1.54, 1.807) is 0 Å². The molecule has 0 atom stereocenters. The molecule has 4 rings (SSSR count). The average Bonchev–Trinajstić information content (AvgIpc) is 3.45. The first kappa shape index (κ1) is 20.9. The fourth-order valence-corrected chi connectivity index (χ4v) is 3.94. The van der Waals surface area contributed by atoms with Crippen molar-refractivity contribution in [1.29, 1.82) is 0 Å². The minimum Gasteiger partial charge on any atom is -0.339 e. The summed E-state index contributed by atoms with van der Waals surface area (Å²) in [5.74, 6) is 1.07. The number of carbonyl (C=O) groups excluding carboxylic acids is 1. The number of carbonyl (C=O) groups is 1. The number of hydrogen-bond acceptors (Lipinski definition) is 3. The zero-order valence-corrected chi connectivity index (χ0v) is 17.7. The summed E-state index contributed by atoms with van der Waals surface area (Å²) in [7, 11) is 0. The molecule has 1 aliphatic heterocycles. The van der Waals surface area contributed by atoms with Crippen molar-refractivity contribution in [1.82, 2.24) is 20.0 Å². The van der Waals surface area contributed by atoms with E-state index < -0.39 is 0 Å². The predicted octanol–water partition coefficient (Wildman–Crippen LogP) is 3.57. The average molecular weight is 403 g/mol. The van der Waals surface area contributed by atoms with Crippen LogP contribution in [0.3, 0.4) is 0 Å². The van der Waals surface area contributed by atoms with Gasteiger partial charge in [0.1, 0.15) is 0 Å². The van der Waals surface area contributed by atoms with Gasteiger partial charge < -0.3 is 10.2 Å². The monoisotopic (exact) mass is 402 g/mol. The highest BCUT2D eigenvalue weighted by Crippen LogP contribution is 2.28. The Hall–Kier alpha value is -1.85. The molecule has 1 aromatic heterocycles. The number of likely N-dealkylation sites (tertiary alicyclic amines) is 1. The van der Waals surface area contributed by atoms with Gasteiger partial charge in [0.15, 0.2) is 0 Å². The number of amides is 1. The van der Waals surface area contributed by atoms with E-state index in [2.05, 4.69) is 29.5 Å². The Morgan fingerprint density at radius 3 is 2.54 bits per heavy atom. The Labute approximate surface area is 173 Å². The van der Waals surface area contributed by atoms with Crippen LogP contribution in [-0.2, 0) is 6.54 Å². The Kier molecular flexibility index (Phi) is 6.78. The molecule has 5 nitrogen and oxygen atoms in total. The van der Waals surface area contributed by atoms with Crippen LogP contribution in [0.2, 0.25) is 0 Å². The van der Waals surface area contributed by atoms with Crippen LogP contribution in [-0.4, -0.2) is 46.3 Å². The molecule has 0 bridgehead atoms. The van der Waals surface area contributed by atoms with Crippen LogP contribution in [0.5, 0.6) is 0 Å². The summed E-state index contributed by atoms with van der Waals surface area (Å²) in [5.41, 5.74) is 4.08. The van der Waals surface area contributed by atoms with Crippen LogP contribution in [0.4, 0.5) is 0 Å². The second kappa shape index (κ2) is 9.10. The normalized spacial score (nSPS) is 17.4. The quantitative estimate of drug-likeness (QED) is 0.803. The molecule has 2 aliphatic rings. The van der Waals surface area contributed by atoms with Crippen molar-refractivity contribution < 1.29 is 4.79 Å². The third-order valence-electron chi connectivity index (χ3n) is 5.78. The number of nitrogens with zero attached hydrogens (tertiary/aromatic N) is 3. The molecule has 0 radical (unpaired) electrons. The van der Waals surface area contributed by atoms with Gasteiger partial charge in [0.2, 0.25) is 0 Å². The number of nitrogens with one attached hydrogen (secondary N) is 1. The maximum Gasteiger partial charge on any atom is 0.253 e. The number of hydrogen-bond donors (Lipinski definition) is 1. The minimum absolute atomic E-state index is 0. The smallest absolute Gasteiger partial charge is 0.253 e. The topological polar surface area (TPSA) is 50.2 Å². The van der Waals surface area contributed by atoms with Crippen LogP contribution >= 0.6 is 12.4 Å². The maximum atomic E-state index is 12.9. The molecule has 1 aliphatic carbocycles. The molecule has 0 unspecified atom stereocenters. The molecule has 6 heteroatoms. The number of rotatable bonds is 6. The summed E-state index contributed by atoms with van der Waals surface area (Å²) < 4.78 is 2.00. The third-order valence-corrected chi connectivity index (χ3v) is 5.78. The fraction of sp³-hybridized carbons (Fsp3) is 0.545. The first-order valence-corrected chi connectivity index (χ1v) is 10.2. The molecule has 2 aromatic rings. The third kappa shape index (κ3) is 5.15. The van der Waals surface area contributed by atoms with E-state index in [1.165, 1.54) is 12.8 Å². The SMILES string of the molecule is Cc1cc(C)n(Cc2cccc(C(=O)N3CCC(NCC4CC4)CC3)c2)n1.Cl. The second-order valence-electron chi connectivity index (χ2n) is 8.20. The van der Waals surface area contributed by atoms with E-state index in [-0.39, 0.29) is 18.3 Å². The largest absolute Gasteiger partial charge is 0.339 e.